The standard InChI is InChI=1S/C16H14N2O3/c1-3-12-5-4-6-14(7-12)17-11-13-8-15(18(19)20)10-16(9-13)21-2/h1,4-10,17H,11H2,2H3. The number of benzene rings is 2. The Kier molecular flexibility index (Phi) is 4.42. The van der Waals surface area contributed by atoms with E-state index < -0.39 is 4.92 Å². The molecule has 0 aliphatic heterocycles. The van der Waals surface area contributed by atoms with Gasteiger partial charge in [-0.2, -0.15) is 0 Å². The first-order valence-corrected chi connectivity index (χ1v) is 6.25. The molecule has 0 fully saturated rings. The number of nitrogens with one attached hydrogen (secondary N) is 1. The van der Waals surface area contributed by atoms with Gasteiger partial charge >= 0.3 is 0 Å². The molecule has 0 spiro atoms. The van der Waals surface area contributed by atoms with Crippen LogP contribution in [0.2, 0.25) is 0 Å². The molecule has 2 aromatic carbocycles. The van der Waals surface area contributed by atoms with Gasteiger partial charge in [0.05, 0.1) is 18.1 Å². The molecule has 0 saturated carbocycles. The molecular weight excluding hydrogens is 268 g/mol. The number of non-ortho nitro benzene ring substituents is 1. The highest BCUT2D eigenvalue weighted by Gasteiger charge is 2.10. The van der Waals surface area contributed by atoms with Gasteiger partial charge in [0.1, 0.15) is 5.75 Å². The predicted molar refractivity (Wildman–Crippen MR) is 81.4 cm³/mol. The van der Waals surface area contributed by atoms with Crippen LogP contribution in [0.1, 0.15) is 11.1 Å². The largest absolute Gasteiger partial charge is 0.496 e. The Labute approximate surface area is 122 Å². The van der Waals surface area contributed by atoms with Gasteiger partial charge in [-0.25, -0.2) is 0 Å². The Bertz CT molecular complexity index is 705. The van der Waals surface area contributed by atoms with Crippen molar-refractivity contribution in [2.45, 2.75) is 6.54 Å². The van der Waals surface area contributed by atoms with Gasteiger partial charge in [0.15, 0.2) is 0 Å². The van der Waals surface area contributed by atoms with E-state index >= 15 is 0 Å². The Hall–Kier alpha value is -3.00. The van der Waals surface area contributed by atoms with Gasteiger partial charge in [-0.15, -0.1) is 6.42 Å². The highest BCUT2D eigenvalue weighted by atomic mass is 16.6. The smallest absolute Gasteiger partial charge is 0.273 e. The number of hydrogen-bond donors (Lipinski definition) is 1. The van der Waals surface area contributed by atoms with Crippen LogP contribution in [0.15, 0.2) is 42.5 Å². The first-order chi connectivity index (χ1) is 10.1. The first-order valence-electron chi connectivity index (χ1n) is 6.25. The van der Waals surface area contributed by atoms with E-state index in [1.165, 1.54) is 19.2 Å². The van der Waals surface area contributed by atoms with Crippen LogP contribution in [0, 0.1) is 22.5 Å². The van der Waals surface area contributed by atoms with Crippen LogP contribution in [-0.2, 0) is 6.54 Å². The molecule has 0 amide bonds. The van der Waals surface area contributed by atoms with Gasteiger partial charge in [-0.05, 0) is 29.8 Å². The number of nitro groups is 1. The Balaban J connectivity index is 2.17. The van der Waals surface area contributed by atoms with E-state index in [0.717, 1.165) is 16.8 Å². The Morgan fingerprint density at radius 3 is 2.81 bits per heavy atom. The third-order valence-corrected chi connectivity index (χ3v) is 2.92. The minimum Gasteiger partial charge on any atom is -0.496 e. The summed E-state index contributed by atoms with van der Waals surface area (Å²) in [5.74, 6) is 3.02. The maximum absolute atomic E-state index is 10.9. The quantitative estimate of drug-likeness (QED) is 0.519. The first kappa shape index (κ1) is 14.4. The number of rotatable bonds is 5. The van der Waals surface area contributed by atoms with Crippen molar-refractivity contribution in [2.75, 3.05) is 12.4 Å². The summed E-state index contributed by atoms with van der Waals surface area (Å²) >= 11 is 0. The van der Waals surface area contributed by atoms with E-state index in [9.17, 15) is 10.1 Å². The van der Waals surface area contributed by atoms with E-state index in [1.54, 1.807) is 6.07 Å². The second-order valence-corrected chi connectivity index (χ2v) is 4.38. The lowest BCUT2D eigenvalue weighted by Gasteiger charge is -2.08. The second-order valence-electron chi connectivity index (χ2n) is 4.38. The number of ether oxygens (including phenoxy) is 1. The van der Waals surface area contributed by atoms with Crippen molar-refractivity contribution in [3.8, 4) is 18.1 Å². The lowest BCUT2D eigenvalue weighted by molar-refractivity contribution is -0.385. The van der Waals surface area contributed by atoms with E-state index in [2.05, 4.69) is 11.2 Å². The van der Waals surface area contributed by atoms with Crippen LogP contribution < -0.4 is 10.1 Å². The summed E-state index contributed by atoms with van der Waals surface area (Å²) in [6.45, 7) is 0.437. The van der Waals surface area contributed by atoms with Crippen molar-refractivity contribution in [1.82, 2.24) is 0 Å². The lowest BCUT2D eigenvalue weighted by atomic mass is 10.1. The fourth-order valence-corrected chi connectivity index (χ4v) is 1.89. The second kappa shape index (κ2) is 6.44. The average molecular weight is 282 g/mol. The van der Waals surface area contributed by atoms with Gasteiger partial charge in [0.2, 0.25) is 0 Å². The van der Waals surface area contributed by atoms with Crippen molar-refractivity contribution in [3.63, 3.8) is 0 Å². The van der Waals surface area contributed by atoms with Crippen LogP contribution in [0.4, 0.5) is 11.4 Å². The molecule has 5 heteroatoms. The zero-order chi connectivity index (χ0) is 15.2. The molecule has 0 unspecified atom stereocenters. The summed E-state index contributed by atoms with van der Waals surface area (Å²) in [5.41, 5.74) is 2.39. The third-order valence-electron chi connectivity index (χ3n) is 2.92. The summed E-state index contributed by atoms with van der Waals surface area (Å²) in [7, 11) is 1.48. The van der Waals surface area contributed by atoms with Gasteiger partial charge < -0.3 is 10.1 Å². The van der Waals surface area contributed by atoms with Crippen molar-refractivity contribution < 1.29 is 9.66 Å². The van der Waals surface area contributed by atoms with Crippen LogP contribution in [0.25, 0.3) is 0 Å². The minimum atomic E-state index is -0.439. The summed E-state index contributed by atoms with van der Waals surface area (Å²) in [6, 6.07) is 12.1. The molecule has 21 heavy (non-hydrogen) atoms. The fraction of sp³-hybridized carbons (Fsp3) is 0.125. The molecule has 2 aromatic rings. The van der Waals surface area contributed by atoms with E-state index in [1.807, 2.05) is 24.3 Å². The Morgan fingerprint density at radius 1 is 1.33 bits per heavy atom. The molecule has 2 rings (SSSR count). The summed E-state index contributed by atoms with van der Waals surface area (Å²) in [6.07, 6.45) is 5.35. The molecule has 0 aromatic heterocycles. The molecule has 1 N–H and O–H groups in total. The van der Waals surface area contributed by atoms with Crippen molar-refractivity contribution in [3.05, 3.63) is 63.7 Å². The van der Waals surface area contributed by atoms with E-state index in [4.69, 9.17) is 11.2 Å². The highest BCUT2D eigenvalue weighted by Crippen LogP contribution is 2.23. The normalized spacial score (nSPS) is 9.71. The fourth-order valence-electron chi connectivity index (χ4n) is 1.89. The molecule has 0 bridgehead atoms. The van der Waals surface area contributed by atoms with Crippen molar-refractivity contribution in [2.24, 2.45) is 0 Å². The number of hydrogen-bond acceptors (Lipinski definition) is 4. The molecule has 106 valence electrons. The zero-order valence-electron chi connectivity index (χ0n) is 11.5. The number of anilines is 1. The summed E-state index contributed by atoms with van der Waals surface area (Å²) in [4.78, 5) is 10.4. The number of methoxy groups -OCH3 is 1. The van der Waals surface area contributed by atoms with Crippen molar-refractivity contribution in [1.29, 1.82) is 0 Å². The topological polar surface area (TPSA) is 64.4 Å². The summed E-state index contributed by atoms with van der Waals surface area (Å²) < 4.78 is 5.08. The van der Waals surface area contributed by atoms with Gasteiger partial charge in [-0.1, -0.05) is 12.0 Å². The molecule has 5 nitrogen and oxygen atoms in total. The third kappa shape index (κ3) is 3.74. The monoisotopic (exact) mass is 282 g/mol. The molecule has 0 heterocycles. The van der Waals surface area contributed by atoms with Crippen LogP contribution >= 0.6 is 0 Å². The molecule has 0 radical (unpaired) electrons. The van der Waals surface area contributed by atoms with Gasteiger partial charge in [0.25, 0.3) is 5.69 Å². The molecule has 0 saturated heterocycles. The maximum atomic E-state index is 10.9. The highest BCUT2D eigenvalue weighted by molar-refractivity contribution is 5.51. The van der Waals surface area contributed by atoms with Crippen molar-refractivity contribution >= 4 is 11.4 Å². The zero-order valence-corrected chi connectivity index (χ0v) is 11.5. The van der Waals surface area contributed by atoms with E-state index in [-0.39, 0.29) is 5.69 Å². The Morgan fingerprint density at radius 2 is 2.14 bits per heavy atom. The predicted octanol–water partition coefficient (Wildman–Crippen LogP) is 3.20. The lowest BCUT2D eigenvalue weighted by Crippen LogP contribution is -2.01. The molecule has 0 aliphatic rings. The summed E-state index contributed by atoms with van der Waals surface area (Å²) in [5, 5.41) is 14.1. The number of nitrogens with zero attached hydrogens (tertiary/aromatic N) is 1. The van der Waals surface area contributed by atoms with Gasteiger partial charge in [-0.3, -0.25) is 10.1 Å². The van der Waals surface area contributed by atoms with Crippen LogP contribution in [-0.4, -0.2) is 12.0 Å². The molecular formula is C16H14N2O3. The molecule has 0 atom stereocenters. The van der Waals surface area contributed by atoms with Crippen LogP contribution in [0.3, 0.4) is 0 Å². The minimum absolute atomic E-state index is 0.00326. The van der Waals surface area contributed by atoms with E-state index in [0.29, 0.717) is 12.3 Å². The molecule has 0 aliphatic carbocycles. The number of terminal acetylenes is 1. The number of nitro benzene ring substituents is 1. The maximum Gasteiger partial charge on any atom is 0.273 e. The average Bonchev–Trinajstić information content (AvgIpc) is 2.52. The van der Waals surface area contributed by atoms with Crippen LogP contribution in [0.5, 0.6) is 5.75 Å². The van der Waals surface area contributed by atoms with Gasteiger partial charge in [0, 0.05) is 23.9 Å². The SMILES string of the molecule is C#Cc1cccc(NCc2cc(OC)cc([N+](=O)[O-])c2)c1.